The molecule has 8 nitrogen and oxygen atoms in total. The summed E-state index contributed by atoms with van der Waals surface area (Å²) in [6.45, 7) is 0.159. The number of amides is 1. The number of ether oxygens (including phenoxy) is 4. The van der Waals surface area contributed by atoms with Crippen molar-refractivity contribution in [2.75, 3.05) is 21.3 Å². The minimum atomic E-state index is -1.05. The van der Waals surface area contributed by atoms with Crippen molar-refractivity contribution in [3.05, 3.63) is 17.7 Å². The average Bonchev–Trinajstić information content (AvgIpc) is 3.09. The molecular formula is C16H21NO7. The van der Waals surface area contributed by atoms with Crippen molar-refractivity contribution in [1.29, 1.82) is 0 Å². The molecule has 1 fully saturated rings. The van der Waals surface area contributed by atoms with Crippen LogP contribution in [0.1, 0.15) is 18.4 Å². The van der Waals surface area contributed by atoms with Crippen molar-refractivity contribution in [2.45, 2.75) is 31.6 Å². The van der Waals surface area contributed by atoms with Gasteiger partial charge >= 0.3 is 5.97 Å². The van der Waals surface area contributed by atoms with E-state index >= 15 is 0 Å². The highest BCUT2D eigenvalue weighted by molar-refractivity contribution is 5.82. The molecule has 1 aromatic rings. The summed E-state index contributed by atoms with van der Waals surface area (Å²) < 4.78 is 21.0. The van der Waals surface area contributed by atoms with Crippen LogP contribution in [0.2, 0.25) is 0 Å². The number of benzene rings is 1. The largest absolute Gasteiger partial charge is 0.496 e. The Bertz CT molecular complexity index is 591. The van der Waals surface area contributed by atoms with E-state index in [1.165, 1.54) is 21.3 Å². The van der Waals surface area contributed by atoms with Gasteiger partial charge in [-0.15, -0.1) is 0 Å². The molecule has 0 unspecified atom stereocenters. The molecule has 1 heterocycles. The van der Waals surface area contributed by atoms with Crippen molar-refractivity contribution in [3.8, 4) is 17.2 Å². The number of hydrogen-bond acceptors (Lipinski definition) is 6. The third-order valence-electron chi connectivity index (χ3n) is 3.84. The van der Waals surface area contributed by atoms with Crippen LogP contribution in [0.3, 0.4) is 0 Å². The van der Waals surface area contributed by atoms with Crippen LogP contribution in [-0.2, 0) is 20.9 Å². The minimum absolute atomic E-state index is 0.159. The van der Waals surface area contributed by atoms with E-state index in [9.17, 15) is 9.59 Å². The number of carbonyl (C=O) groups excluding carboxylic acids is 1. The number of methoxy groups -OCH3 is 3. The zero-order valence-corrected chi connectivity index (χ0v) is 13.8. The summed E-state index contributed by atoms with van der Waals surface area (Å²) >= 11 is 0. The van der Waals surface area contributed by atoms with Gasteiger partial charge in [-0.1, -0.05) is 0 Å². The molecule has 1 aromatic carbocycles. The summed E-state index contributed by atoms with van der Waals surface area (Å²) in [4.78, 5) is 23.0. The van der Waals surface area contributed by atoms with Gasteiger partial charge in [0.2, 0.25) is 5.91 Å². The second-order valence-corrected chi connectivity index (χ2v) is 5.26. The molecule has 2 rings (SSSR count). The Kier molecular flexibility index (Phi) is 5.86. The van der Waals surface area contributed by atoms with Gasteiger partial charge in [0.25, 0.3) is 0 Å². The lowest BCUT2D eigenvalue weighted by Crippen LogP contribution is -2.35. The predicted molar refractivity (Wildman–Crippen MR) is 83.5 cm³/mol. The Morgan fingerprint density at radius 1 is 1.12 bits per heavy atom. The van der Waals surface area contributed by atoms with Gasteiger partial charge in [0.15, 0.2) is 6.10 Å². The molecule has 24 heavy (non-hydrogen) atoms. The maximum Gasteiger partial charge on any atom is 0.332 e. The first-order valence-electron chi connectivity index (χ1n) is 7.45. The molecule has 0 bridgehead atoms. The summed E-state index contributed by atoms with van der Waals surface area (Å²) in [5.41, 5.74) is 0.655. The third-order valence-corrected chi connectivity index (χ3v) is 3.84. The van der Waals surface area contributed by atoms with Crippen LogP contribution in [-0.4, -0.2) is 50.5 Å². The van der Waals surface area contributed by atoms with Gasteiger partial charge in [0.1, 0.15) is 23.4 Å². The fourth-order valence-corrected chi connectivity index (χ4v) is 2.55. The Morgan fingerprint density at radius 3 is 2.17 bits per heavy atom. The number of aliphatic carboxylic acids is 1. The molecule has 0 aliphatic carbocycles. The molecule has 1 aliphatic rings. The van der Waals surface area contributed by atoms with Crippen molar-refractivity contribution >= 4 is 11.9 Å². The van der Waals surface area contributed by atoms with E-state index in [1.807, 2.05) is 0 Å². The number of carbonyl (C=O) groups is 2. The maximum absolute atomic E-state index is 12.2. The predicted octanol–water partition coefficient (Wildman–Crippen LogP) is 0.961. The molecule has 8 heteroatoms. The van der Waals surface area contributed by atoms with E-state index in [0.717, 1.165) is 0 Å². The normalized spacial score (nSPS) is 19.6. The van der Waals surface area contributed by atoms with Gasteiger partial charge in [-0.05, 0) is 12.8 Å². The highest BCUT2D eigenvalue weighted by atomic mass is 16.5. The Balaban J connectivity index is 2.06. The molecule has 1 amide bonds. The van der Waals surface area contributed by atoms with Gasteiger partial charge in [-0.3, -0.25) is 4.79 Å². The molecule has 1 saturated heterocycles. The van der Waals surface area contributed by atoms with Gasteiger partial charge in [0, 0.05) is 12.1 Å². The van der Waals surface area contributed by atoms with E-state index < -0.39 is 18.2 Å². The van der Waals surface area contributed by atoms with E-state index in [1.54, 1.807) is 12.1 Å². The lowest BCUT2D eigenvalue weighted by Gasteiger charge is -2.17. The lowest BCUT2D eigenvalue weighted by atomic mass is 10.1. The van der Waals surface area contributed by atoms with Crippen LogP contribution in [0.25, 0.3) is 0 Å². The van der Waals surface area contributed by atoms with Crippen LogP contribution in [0.15, 0.2) is 12.1 Å². The van der Waals surface area contributed by atoms with Crippen molar-refractivity contribution in [1.82, 2.24) is 5.32 Å². The van der Waals surface area contributed by atoms with Crippen LogP contribution < -0.4 is 19.5 Å². The summed E-state index contributed by atoms with van der Waals surface area (Å²) in [5, 5.41) is 11.6. The smallest absolute Gasteiger partial charge is 0.332 e. The topological polar surface area (TPSA) is 103 Å². The number of carboxylic acid groups (broad SMARTS) is 1. The second kappa shape index (κ2) is 7.87. The molecule has 2 N–H and O–H groups in total. The van der Waals surface area contributed by atoms with Crippen molar-refractivity contribution in [3.63, 3.8) is 0 Å². The van der Waals surface area contributed by atoms with Crippen molar-refractivity contribution < 1.29 is 33.6 Å². The molecule has 132 valence electrons. The van der Waals surface area contributed by atoms with Crippen LogP contribution in [0, 0.1) is 0 Å². The second-order valence-electron chi connectivity index (χ2n) is 5.26. The Labute approximate surface area is 139 Å². The van der Waals surface area contributed by atoms with E-state index in [2.05, 4.69) is 5.32 Å². The van der Waals surface area contributed by atoms with E-state index in [-0.39, 0.29) is 12.5 Å². The van der Waals surface area contributed by atoms with E-state index in [0.29, 0.717) is 35.7 Å². The molecule has 1 aliphatic heterocycles. The van der Waals surface area contributed by atoms with Gasteiger partial charge in [-0.25, -0.2) is 4.79 Å². The molecule has 0 saturated carbocycles. The van der Waals surface area contributed by atoms with E-state index in [4.69, 9.17) is 24.1 Å². The standard InChI is InChI=1S/C16H21NO7/c1-21-9-6-13(22-2)10(14(7-9)23-3)8-17-15(18)11-4-5-12(24-11)16(19)20/h6-7,11-12H,4-5,8H2,1-3H3,(H,17,18)(H,19,20)/t11-,12+/m0/s1. The van der Waals surface area contributed by atoms with Gasteiger partial charge in [0.05, 0.1) is 33.4 Å². The first-order chi connectivity index (χ1) is 11.5. The monoisotopic (exact) mass is 339 g/mol. The molecule has 2 atom stereocenters. The van der Waals surface area contributed by atoms with Crippen molar-refractivity contribution in [2.24, 2.45) is 0 Å². The van der Waals surface area contributed by atoms with Crippen LogP contribution in [0.5, 0.6) is 17.2 Å². The zero-order valence-electron chi connectivity index (χ0n) is 13.8. The molecule has 0 spiro atoms. The van der Waals surface area contributed by atoms with Gasteiger partial charge in [-0.2, -0.15) is 0 Å². The highest BCUT2D eigenvalue weighted by Gasteiger charge is 2.34. The van der Waals surface area contributed by atoms with Gasteiger partial charge < -0.3 is 29.4 Å². The maximum atomic E-state index is 12.2. The molecular weight excluding hydrogens is 318 g/mol. The minimum Gasteiger partial charge on any atom is -0.496 e. The summed E-state index contributed by atoms with van der Waals surface area (Å²) in [6, 6.07) is 3.38. The third kappa shape index (κ3) is 3.88. The fourth-order valence-electron chi connectivity index (χ4n) is 2.55. The Morgan fingerprint density at radius 2 is 1.71 bits per heavy atom. The summed E-state index contributed by atoms with van der Waals surface area (Å²) in [5.74, 6) is 0.189. The molecule has 0 aromatic heterocycles. The molecule has 0 radical (unpaired) electrons. The fraction of sp³-hybridized carbons (Fsp3) is 0.500. The first-order valence-corrected chi connectivity index (χ1v) is 7.45. The number of hydrogen-bond donors (Lipinski definition) is 2. The van der Waals surface area contributed by atoms with Crippen LogP contribution >= 0.6 is 0 Å². The number of rotatable bonds is 7. The van der Waals surface area contributed by atoms with Crippen LogP contribution in [0.4, 0.5) is 0 Å². The quantitative estimate of drug-likeness (QED) is 0.762. The SMILES string of the molecule is COc1cc(OC)c(CNC(=O)[C@@H]2CC[C@H](C(=O)O)O2)c(OC)c1. The Hall–Kier alpha value is -2.48. The lowest BCUT2D eigenvalue weighted by molar-refractivity contribution is -0.151. The summed E-state index contributed by atoms with van der Waals surface area (Å²) in [6.07, 6.45) is -0.991. The highest BCUT2D eigenvalue weighted by Crippen LogP contribution is 2.34. The number of carboxylic acids is 1. The first kappa shape index (κ1) is 17.9. The average molecular weight is 339 g/mol. The zero-order chi connectivity index (χ0) is 17.7. The number of nitrogens with one attached hydrogen (secondary N) is 1. The summed E-state index contributed by atoms with van der Waals surface area (Å²) in [7, 11) is 4.56.